The number of nitrogens with zero attached hydrogens (tertiary/aromatic N) is 2. The molecule has 2 aromatic rings. The Morgan fingerprint density at radius 2 is 1.65 bits per heavy atom. The largest absolute Gasteiger partial charge is 0.355 e. The third-order valence-electron chi connectivity index (χ3n) is 5.49. The first-order valence-electron chi connectivity index (χ1n) is 11.5. The molecular formula is C25H34ClN3O4S. The lowest BCUT2D eigenvalue weighted by atomic mass is 10.1. The Bertz CT molecular complexity index is 1030. The van der Waals surface area contributed by atoms with Crippen LogP contribution < -0.4 is 9.62 Å². The Hall–Kier alpha value is -2.58. The first-order valence-corrected chi connectivity index (χ1v) is 13.7. The SMILES string of the molecule is CCNC(=O)[C@@H](CC)N(CCc1ccccc1)C(=O)CCCN(c1ccc(Cl)cc1)S(C)(=O)=O. The molecule has 0 radical (unpaired) electrons. The van der Waals surface area contributed by atoms with Gasteiger partial charge in [-0.2, -0.15) is 0 Å². The highest BCUT2D eigenvalue weighted by Gasteiger charge is 2.28. The van der Waals surface area contributed by atoms with Crippen molar-refractivity contribution in [1.82, 2.24) is 10.2 Å². The lowest BCUT2D eigenvalue weighted by molar-refractivity contribution is -0.140. The molecule has 0 unspecified atom stereocenters. The average molecular weight is 508 g/mol. The van der Waals surface area contributed by atoms with Crippen LogP contribution in [0.2, 0.25) is 5.02 Å². The van der Waals surface area contributed by atoms with Crippen LogP contribution >= 0.6 is 11.6 Å². The lowest BCUT2D eigenvalue weighted by Gasteiger charge is -2.31. The third-order valence-corrected chi connectivity index (χ3v) is 6.93. The summed E-state index contributed by atoms with van der Waals surface area (Å²) in [7, 11) is -3.54. The Kier molecular flexibility index (Phi) is 10.9. The van der Waals surface area contributed by atoms with Crippen LogP contribution in [0, 0.1) is 0 Å². The fourth-order valence-corrected chi connectivity index (χ4v) is 4.89. The molecule has 0 aliphatic heterocycles. The van der Waals surface area contributed by atoms with Gasteiger partial charge in [0.05, 0.1) is 11.9 Å². The van der Waals surface area contributed by atoms with Gasteiger partial charge in [0.25, 0.3) is 0 Å². The normalized spacial score (nSPS) is 12.1. The van der Waals surface area contributed by atoms with Crippen LogP contribution in [0.25, 0.3) is 0 Å². The molecular weight excluding hydrogens is 474 g/mol. The van der Waals surface area contributed by atoms with E-state index in [1.165, 1.54) is 4.31 Å². The van der Waals surface area contributed by atoms with Crippen LogP contribution in [-0.4, -0.2) is 57.1 Å². The molecule has 2 aromatic carbocycles. The highest BCUT2D eigenvalue weighted by Crippen LogP contribution is 2.21. The number of carbonyl (C=O) groups is 2. The molecule has 0 fully saturated rings. The molecule has 2 amide bonds. The summed E-state index contributed by atoms with van der Waals surface area (Å²) in [4.78, 5) is 27.5. The summed E-state index contributed by atoms with van der Waals surface area (Å²) >= 11 is 5.93. The van der Waals surface area contributed by atoms with Crippen molar-refractivity contribution < 1.29 is 18.0 Å². The van der Waals surface area contributed by atoms with Crippen molar-refractivity contribution in [2.75, 3.05) is 30.2 Å². The van der Waals surface area contributed by atoms with E-state index in [4.69, 9.17) is 11.6 Å². The second-order valence-electron chi connectivity index (χ2n) is 8.06. The molecule has 7 nitrogen and oxygen atoms in total. The standard InChI is InChI=1S/C25H34ClN3O4S/c1-4-23(25(31)27-5-2)28(19-17-20-10-7-6-8-11-20)24(30)12-9-18-29(34(3,32)33)22-15-13-21(26)14-16-22/h6-8,10-11,13-16,23H,4-5,9,12,17-19H2,1-3H3,(H,27,31)/t23-/m1/s1. The minimum atomic E-state index is -3.54. The molecule has 34 heavy (non-hydrogen) atoms. The van der Waals surface area contributed by atoms with Gasteiger partial charge >= 0.3 is 0 Å². The summed E-state index contributed by atoms with van der Waals surface area (Å²) in [5.41, 5.74) is 1.58. The fourth-order valence-electron chi connectivity index (χ4n) is 3.80. The summed E-state index contributed by atoms with van der Waals surface area (Å²) in [6, 6.07) is 15.8. The number of sulfonamides is 1. The molecule has 0 saturated heterocycles. The van der Waals surface area contributed by atoms with Crippen LogP contribution in [-0.2, 0) is 26.0 Å². The van der Waals surface area contributed by atoms with Crippen molar-refractivity contribution in [3.63, 3.8) is 0 Å². The highest BCUT2D eigenvalue weighted by atomic mass is 35.5. The van der Waals surface area contributed by atoms with E-state index in [-0.39, 0.29) is 24.8 Å². The predicted molar refractivity (Wildman–Crippen MR) is 137 cm³/mol. The van der Waals surface area contributed by atoms with Crippen molar-refractivity contribution in [2.45, 2.75) is 45.6 Å². The Labute approximate surface area is 208 Å². The van der Waals surface area contributed by atoms with E-state index in [2.05, 4.69) is 5.32 Å². The minimum Gasteiger partial charge on any atom is -0.355 e. The van der Waals surface area contributed by atoms with Crippen molar-refractivity contribution >= 4 is 39.1 Å². The number of hydrogen-bond donors (Lipinski definition) is 1. The van der Waals surface area contributed by atoms with Gasteiger partial charge in [0, 0.05) is 31.1 Å². The van der Waals surface area contributed by atoms with Crippen LogP contribution in [0.4, 0.5) is 5.69 Å². The number of hydrogen-bond acceptors (Lipinski definition) is 4. The molecule has 1 N–H and O–H groups in total. The molecule has 0 bridgehead atoms. The van der Waals surface area contributed by atoms with Crippen LogP contribution in [0.15, 0.2) is 54.6 Å². The molecule has 0 aromatic heterocycles. The molecule has 0 spiro atoms. The highest BCUT2D eigenvalue weighted by molar-refractivity contribution is 7.92. The fraction of sp³-hybridized carbons (Fsp3) is 0.440. The predicted octanol–water partition coefficient (Wildman–Crippen LogP) is 3.87. The number of nitrogens with one attached hydrogen (secondary N) is 1. The minimum absolute atomic E-state index is 0.129. The van der Waals surface area contributed by atoms with Crippen molar-refractivity contribution in [1.29, 1.82) is 0 Å². The van der Waals surface area contributed by atoms with E-state index in [1.807, 2.05) is 44.2 Å². The summed E-state index contributed by atoms with van der Waals surface area (Å²) in [6.45, 7) is 4.77. The monoisotopic (exact) mass is 507 g/mol. The van der Waals surface area contributed by atoms with Crippen LogP contribution in [0.5, 0.6) is 0 Å². The maximum absolute atomic E-state index is 13.2. The van der Waals surface area contributed by atoms with Gasteiger partial charge in [0.1, 0.15) is 6.04 Å². The molecule has 0 heterocycles. The third kappa shape index (κ3) is 8.33. The van der Waals surface area contributed by atoms with E-state index in [0.29, 0.717) is 43.1 Å². The van der Waals surface area contributed by atoms with Gasteiger partial charge in [-0.25, -0.2) is 8.42 Å². The van der Waals surface area contributed by atoms with Gasteiger partial charge < -0.3 is 10.2 Å². The molecule has 2 rings (SSSR count). The van der Waals surface area contributed by atoms with Crippen LogP contribution in [0.1, 0.15) is 38.7 Å². The van der Waals surface area contributed by atoms with Gasteiger partial charge in [-0.1, -0.05) is 48.9 Å². The molecule has 0 aliphatic carbocycles. The number of amides is 2. The van der Waals surface area contributed by atoms with Gasteiger partial charge in [-0.05, 0) is 56.0 Å². The smallest absolute Gasteiger partial charge is 0.242 e. The van der Waals surface area contributed by atoms with E-state index >= 15 is 0 Å². The van der Waals surface area contributed by atoms with Crippen molar-refractivity contribution in [3.8, 4) is 0 Å². The molecule has 0 aliphatic rings. The summed E-state index contributed by atoms with van der Waals surface area (Å²) in [6.07, 6.45) is 2.71. The van der Waals surface area contributed by atoms with E-state index in [1.54, 1.807) is 29.2 Å². The quantitative estimate of drug-likeness (QED) is 0.446. The second kappa shape index (κ2) is 13.3. The van der Waals surface area contributed by atoms with E-state index in [0.717, 1.165) is 11.8 Å². The summed E-state index contributed by atoms with van der Waals surface area (Å²) in [5.74, 6) is -0.344. The average Bonchev–Trinajstić information content (AvgIpc) is 2.80. The number of benzene rings is 2. The Morgan fingerprint density at radius 1 is 1.00 bits per heavy atom. The molecule has 9 heteroatoms. The number of halogens is 1. The summed E-state index contributed by atoms with van der Waals surface area (Å²) in [5, 5.41) is 3.33. The van der Waals surface area contributed by atoms with Crippen LogP contribution in [0.3, 0.4) is 0 Å². The van der Waals surface area contributed by atoms with Gasteiger partial charge in [0.2, 0.25) is 21.8 Å². The molecule has 0 saturated carbocycles. The zero-order valence-corrected chi connectivity index (χ0v) is 21.6. The molecule has 186 valence electrons. The first-order chi connectivity index (χ1) is 16.2. The Balaban J connectivity index is 2.12. The van der Waals surface area contributed by atoms with Crippen molar-refractivity contribution in [2.24, 2.45) is 0 Å². The van der Waals surface area contributed by atoms with Gasteiger partial charge in [-0.3, -0.25) is 13.9 Å². The topological polar surface area (TPSA) is 86.8 Å². The van der Waals surface area contributed by atoms with Gasteiger partial charge in [-0.15, -0.1) is 0 Å². The zero-order chi connectivity index (χ0) is 25.1. The first kappa shape index (κ1) is 27.7. The second-order valence-corrected chi connectivity index (χ2v) is 10.4. The lowest BCUT2D eigenvalue weighted by Crippen LogP contribution is -2.50. The van der Waals surface area contributed by atoms with Crippen molar-refractivity contribution in [3.05, 3.63) is 65.2 Å². The summed E-state index contributed by atoms with van der Waals surface area (Å²) < 4.78 is 26.0. The van der Waals surface area contributed by atoms with E-state index < -0.39 is 16.1 Å². The Morgan fingerprint density at radius 3 is 2.21 bits per heavy atom. The zero-order valence-electron chi connectivity index (χ0n) is 20.0. The van der Waals surface area contributed by atoms with E-state index in [9.17, 15) is 18.0 Å². The molecule has 1 atom stereocenters. The maximum atomic E-state index is 13.2. The number of likely N-dealkylation sites (N-methyl/N-ethyl adjacent to an activating group) is 1. The number of anilines is 1. The van der Waals surface area contributed by atoms with Gasteiger partial charge in [0.15, 0.2) is 0 Å². The number of carbonyl (C=O) groups excluding carboxylic acids is 2. The maximum Gasteiger partial charge on any atom is 0.242 e. The number of rotatable bonds is 13.